The number of nitriles is 1. The smallest absolute Gasteiger partial charge is 0.276 e. The van der Waals surface area contributed by atoms with Crippen LogP contribution in [-0.2, 0) is 6.54 Å². The van der Waals surface area contributed by atoms with Crippen LogP contribution in [0.15, 0.2) is 18.2 Å². The number of amides is 1. The molecule has 0 saturated heterocycles. The number of halogens is 1. The van der Waals surface area contributed by atoms with Gasteiger partial charge in [0.05, 0.1) is 33.7 Å². The number of nitrogens with one attached hydrogen (secondary N) is 1. The molecule has 1 aromatic carbocycles. The summed E-state index contributed by atoms with van der Waals surface area (Å²) in [5.41, 5.74) is 7.99. The van der Waals surface area contributed by atoms with Crippen LogP contribution in [0.2, 0.25) is 5.02 Å². The number of aromatic nitrogens is 2. The number of anilines is 2. The van der Waals surface area contributed by atoms with Crippen LogP contribution in [0.3, 0.4) is 0 Å². The number of carbonyl (C=O) groups excluding carboxylic acids is 1. The van der Waals surface area contributed by atoms with Crippen molar-refractivity contribution < 1.29 is 4.79 Å². The zero-order chi connectivity index (χ0) is 15.6. The van der Waals surface area contributed by atoms with Gasteiger partial charge in [-0.05, 0) is 32.0 Å². The lowest BCUT2D eigenvalue weighted by Gasteiger charge is -2.09. The van der Waals surface area contributed by atoms with Crippen molar-refractivity contribution in [3.8, 4) is 6.07 Å². The molecule has 0 radical (unpaired) electrons. The molecule has 0 aliphatic carbocycles. The molecule has 1 heterocycles. The molecule has 1 aromatic heterocycles. The minimum Gasteiger partial charge on any atom is -0.395 e. The lowest BCUT2D eigenvalue weighted by Crippen LogP contribution is -2.19. The number of hydrogen-bond donors (Lipinski definition) is 2. The summed E-state index contributed by atoms with van der Waals surface area (Å²) in [7, 11) is 0. The van der Waals surface area contributed by atoms with Gasteiger partial charge in [-0.1, -0.05) is 11.6 Å². The minimum atomic E-state index is -0.387. The first-order valence-electron chi connectivity index (χ1n) is 6.31. The number of hydrogen-bond acceptors (Lipinski definition) is 4. The highest BCUT2D eigenvalue weighted by Gasteiger charge is 2.19. The summed E-state index contributed by atoms with van der Waals surface area (Å²) in [6.07, 6.45) is 0. The molecule has 6 nitrogen and oxygen atoms in total. The van der Waals surface area contributed by atoms with E-state index >= 15 is 0 Å². The molecule has 0 unspecified atom stereocenters. The van der Waals surface area contributed by atoms with Crippen molar-refractivity contribution in [2.24, 2.45) is 0 Å². The van der Waals surface area contributed by atoms with Gasteiger partial charge in [0.15, 0.2) is 0 Å². The van der Waals surface area contributed by atoms with Gasteiger partial charge in [-0.2, -0.15) is 10.4 Å². The first-order valence-corrected chi connectivity index (χ1v) is 6.69. The van der Waals surface area contributed by atoms with E-state index in [1.165, 1.54) is 10.7 Å². The standard InChI is InChI=1S/C14H14ClN5O/c1-3-20-13(12(17)8(2)19-20)14(21)18-11-5-4-9(7-16)6-10(11)15/h4-6H,3,17H2,1-2H3,(H,18,21). The molecule has 0 saturated carbocycles. The zero-order valence-electron chi connectivity index (χ0n) is 11.6. The predicted molar refractivity (Wildman–Crippen MR) is 81.2 cm³/mol. The Bertz CT molecular complexity index is 745. The largest absolute Gasteiger partial charge is 0.395 e. The summed E-state index contributed by atoms with van der Waals surface area (Å²) in [6, 6.07) is 6.62. The first kappa shape index (κ1) is 14.9. The Morgan fingerprint density at radius 3 is 2.86 bits per heavy atom. The second-order valence-corrected chi connectivity index (χ2v) is 4.83. The molecule has 0 aliphatic rings. The van der Waals surface area contributed by atoms with E-state index in [-0.39, 0.29) is 5.91 Å². The maximum absolute atomic E-state index is 12.4. The Morgan fingerprint density at radius 1 is 1.57 bits per heavy atom. The number of aryl methyl sites for hydroxylation is 2. The molecule has 0 aliphatic heterocycles. The molecule has 7 heteroatoms. The summed E-state index contributed by atoms with van der Waals surface area (Å²) in [6.45, 7) is 4.15. The minimum absolute atomic E-state index is 0.292. The molecule has 0 fully saturated rings. The molecule has 21 heavy (non-hydrogen) atoms. The van der Waals surface area contributed by atoms with E-state index in [0.717, 1.165) is 0 Å². The molecule has 0 bridgehead atoms. The predicted octanol–water partition coefficient (Wildman–Crippen LogP) is 2.57. The van der Waals surface area contributed by atoms with Gasteiger partial charge in [0.1, 0.15) is 5.69 Å². The molecular weight excluding hydrogens is 290 g/mol. The Hall–Kier alpha value is -2.52. The number of nitrogens with two attached hydrogens (primary N) is 1. The van der Waals surface area contributed by atoms with Crippen LogP contribution in [0, 0.1) is 18.3 Å². The Balaban J connectivity index is 2.33. The van der Waals surface area contributed by atoms with Crippen molar-refractivity contribution in [3.63, 3.8) is 0 Å². The third-order valence-corrected chi connectivity index (χ3v) is 3.35. The fraction of sp³-hybridized carbons (Fsp3) is 0.214. The fourth-order valence-electron chi connectivity index (χ4n) is 1.93. The Morgan fingerprint density at radius 2 is 2.29 bits per heavy atom. The van der Waals surface area contributed by atoms with Crippen LogP contribution in [0.4, 0.5) is 11.4 Å². The zero-order valence-corrected chi connectivity index (χ0v) is 12.4. The van der Waals surface area contributed by atoms with Gasteiger partial charge in [0, 0.05) is 6.54 Å². The van der Waals surface area contributed by atoms with E-state index < -0.39 is 0 Å². The number of rotatable bonds is 3. The number of carbonyl (C=O) groups is 1. The van der Waals surface area contributed by atoms with E-state index in [9.17, 15) is 4.79 Å². The quantitative estimate of drug-likeness (QED) is 0.910. The van der Waals surface area contributed by atoms with Crippen LogP contribution in [0.25, 0.3) is 0 Å². The van der Waals surface area contributed by atoms with Crippen molar-refractivity contribution in [2.45, 2.75) is 20.4 Å². The number of benzene rings is 1. The molecule has 1 amide bonds. The van der Waals surface area contributed by atoms with E-state index in [1.807, 2.05) is 13.0 Å². The summed E-state index contributed by atoms with van der Waals surface area (Å²) in [5.74, 6) is -0.387. The maximum atomic E-state index is 12.4. The Kier molecular flexibility index (Phi) is 4.15. The van der Waals surface area contributed by atoms with Gasteiger partial charge in [-0.25, -0.2) is 0 Å². The highest BCUT2D eigenvalue weighted by atomic mass is 35.5. The lowest BCUT2D eigenvalue weighted by molar-refractivity contribution is 0.101. The van der Waals surface area contributed by atoms with Gasteiger partial charge in [-0.15, -0.1) is 0 Å². The summed E-state index contributed by atoms with van der Waals surface area (Å²) in [4.78, 5) is 12.4. The second-order valence-electron chi connectivity index (χ2n) is 4.42. The number of nitrogens with zero attached hydrogens (tertiary/aromatic N) is 3. The van der Waals surface area contributed by atoms with Crippen molar-refractivity contribution >= 4 is 28.9 Å². The highest BCUT2D eigenvalue weighted by molar-refractivity contribution is 6.34. The topological polar surface area (TPSA) is 96.7 Å². The second kappa shape index (κ2) is 5.85. The van der Waals surface area contributed by atoms with Crippen LogP contribution in [-0.4, -0.2) is 15.7 Å². The van der Waals surface area contributed by atoms with Crippen LogP contribution in [0.1, 0.15) is 28.7 Å². The van der Waals surface area contributed by atoms with Gasteiger partial charge in [-0.3, -0.25) is 9.48 Å². The summed E-state index contributed by atoms with van der Waals surface area (Å²) < 4.78 is 1.54. The van der Waals surface area contributed by atoms with E-state index in [0.29, 0.717) is 39.9 Å². The van der Waals surface area contributed by atoms with Crippen molar-refractivity contribution in [3.05, 3.63) is 40.2 Å². The fourth-order valence-corrected chi connectivity index (χ4v) is 2.16. The van der Waals surface area contributed by atoms with E-state index in [2.05, 4.69) is 10.4 Å². The van der Waals surface area contributed by atoms with E-state index in [1.54, 1.807) is 19.1 Å². The monoisotopic (exact) mass is 303 g/mol. The van der Waals surface area contributed by atoms with Gasteiger partial charge in [0.25, 0.3) is 5.91 Å². The van der Waals surface area contributed by atoms with Gasteiger partial charge >= 0.3 is 0 Å². The molecule has 108 valence electrons. The van der Waals surface area contributed by atoms with Crippen molar-refractivity contribution in [1.82, 2.24) is 9.78 Å². The van der Waals surface area contributed by atoms with Crippen LogP contribution in [0.5, 0.6) is 0 Å². The average molecular weight is 304 g/mol. The molecular formula is C14H14ClN5O. The molecule has 2 aromatic rings. The number of nitrogen functional groups attached to an aromatic ring is 1. The lowest BCUT2D eigenvalue weighted by atomic mass is 10.2. The van der Waals surface area contributed by atoms with Crippen molar-refractivity contribution in [2.75, 3.05) is 11.1 Å². The summed E-state index contributed by atoms with van der Waals surface area (Å²) >= 11 is 6.04. The van der Waals surface area contributed by atoms with Crippen LogP contribution >= 0.6 is 11.6 Å². The van der Waals surface area contributed by atoms with Gasteiger partial charge < -0.3 is 11.1 Å². The Labute approximate surface area is 127 Å². The average Bonchev–Trinajstić information content (AvgIpc) is 2.76. The highest BCUT2D eigenvalue weighted by Crippen LogP contribution is 2.25. The summed E-state index contributed by atoms with van der Waals surface area (Å²) in [5, 5.41) is 16.0. The molecule has 0 spiro atoms. The van der Waals surface area contributed by atoms with E-state index in [4.69, 9.17) is 22.6 Å². The first-order chi connectivity index (χ1) is 9.97. The third-order valence-electron chi connectivity index (χ3n) is 3.03. The normalized spacial score (nSPS) is 10.2. The third kappa shape index (κ3) is 2.83. The van der Waals surface area contributed by atoms with Gasteiger partial charge in [0.2, 0.25) is 0 Å². The molecule has 3 N–H and O–H groups in total. The molecule has 2 rings (SSSR count). The SMILES string of the molecule is CCn1nc(C)c(N)c1C(=O)Nc1ccc(C#N)cc1Cl. The molecule has 0 atom stereocenters. The van der Waals surface area contributed by atoms with Crippen molar-refractivity contribution in [1.29, 1.82) is 5.26 Å². The van der Waals surface area contributed by atoms with Crippen LogP contribution < -0.4 is 11.1 Å². The maximum Gasteiger partial charge on any atom is 0.276 e.